The normalized spacial score (nSPS) is 10.8. The Balaban J connectivity index is 2.99. The molecule has 1 N–H and O–H groups in total. The van der Waals surface area contributed by atoms with Gasteiger partial charge in [-0.05, 0) is 6.07 Å². The highest BCUT2D eigenvalue weighted by Crippen LogP contribution is 2.27. The highest BCUT2D eigenvalue weighted by Gasteiger charge is 1.99. The van der Waals surface area contributed by atoms with Gasteiger partial charge in [0.1, 0.15) is 0 Å². The van der Waals surface area contributed by atoms with Crippen molar-refractivity contribution in [3.8, 4) is 0 Å². The lowest BCUT2D eigenvalue weighted by Gasteiger charge is -1.75. The van der Waals surface area contributed by atoms with Crippen molar-refractivity contribution in [3.05, 3.63) is 22.7 Å². The molecule has 2 aromatic heterocycles. The third kappa shape index (κ3) is 0.671. The second-order valence-electron chi connectivity index (χ2n) is 1.80. The number of halogens is 1. The summed E-state index contributed by atoms with van der Waals surface area (Å²) in [4.78, 5) is 3.05. The first-order chi connectivity index (χ1) is 4.38. The zero-order valence-corrected chi connectivity index (χ0v) is 6.09. The van der Waals surface area contributed by atoms with Crippen LogP contribution in [0, 0.1) is 0 Å². The molecule has 0 saturated heterocycles. The molecule has 0 radical (unpaired) electrons. The van der Waals surface area contributed by atoms with E-state index in [1.54, 1.807) is 11.3 Å². The molecule has 2 heterocycles. The van der Waals surface area contributed by atoms with Crippen LogP contribution in [0.5, 0.6) is 0 Å². The molecule has 0 aliphatic heterocycles. The Morgan fingerprint density at radius 2 is 2.44 bits per heavy atom. The fraction of sp³-hybridized carbons (Fsp3) is 0. The average molecular weight is 158 g/mol. The van der Waals surface area contributed by atoms with E-state index in [1.807, 2.05) is 17.6 Å². The van der Waals surface area contributed by atoms with E-state index in [-0.39, 0.29) is 0 Å². The first-order valence-corrected chi connectivity index (χ1v) is 3.84. The zero-order chi connectivity index (χ0) is 6.27. The van der Waals surface area contributed by atoms with Gasteiger partial charge in [0, 0.05) is 11.6 Å². The van der Waals surface area contributed by atoms with Crippen LogP contribution in [0.15, 0.2) is 17.6 Å². The number of hydrogen-bond donors (Lipinski definition) is 1. The van der Waals surface area contributed by atoms with Crippen molar-refractivity contribution in [2.45, 2.75) is 0 Å². The number of hydrogen-bond acceptors (Lipinski definition) is 1. The van der Waals surface area contributed by atoms with Gasteiger partial charge in [0.2, 0.25) is 0 Å². The van der Waals surface area contributed by atoms with Crippen molar-refractivity contribution in [3.63, 3.8) is 0 Å². The summed E-state index contributed by atoms with van der Waals surface area (Å²) in [6, 6.07) is 2.02. The molecule has 0 unspecified atom stereocenters. The molecule has 9 heavy (non-hydrogen) atoms. The quantitative estimate of drug-likeness (QED) is 0.606. The van der Waals surface area contributed by atoms with Crippen molar-refractivity contribution in [1.29, 1.82) is 0 Å². The number of fused-ring (bicyclic) bond motifs is 1. The standard InChI is InChI=1S/C6H4ClNS/c7-4-3-9-5-1-2-8-6(4)5/h1-3,8H. The van der Waals surface area contributed by atoms with Gasteiger partial charge in [0.25, 0.3) is 0 Å². The van der Waals surface area contributed by atoms with Crippen molar-refractivity contribution in [2.24, 2.45) is 0 Å². The lowest BCUT2D eigenvalue weighted by molar-refractivity contribution is 1.48. The number of aromatic amines is 1. The molecule has 2 aromatic rings. The van der Waals surface area contributed by atoms with E-state index in [2.05, 4.69) is 4.98 Å². The van der Waals surface area contributed by atoms with Crippen molar-refractivity contribution < 1.29 is 0 Å². The van der Waals surface area contributed by atoms with E-state index in [9.17, 15) is 0 Å². The number of rotatable bonds is 0. The van der Waals surface area contributed by atoms with Gasteiger partial charge in [-0.15, -0.1) is 11.3 Å². The van der Waals surface area contributed by atoms with Crippen LogP contribution < -0.4 is 0 Å². The average Bonchev–Trinajstić information content (AvgIpc) is 2.35. The van der Waals surface area contributed by atoms with E-state index < -0.39 is 0 Å². The maximum absolute atomic E-state index is 5.79. The molecule has 0 bridgehead atoms. The third-order valence-corrected chi connectivity index (χ3v) is 2.61. The van der Waals surface area contributed by atoms with Crippen molar-refractivity contribution in [2.75, 3.05) is 0 Å². The van der Waals surface area contributed by atoms with Gasteiger partial charge in [-0.3, -0.25) is 0 Å². The molecule has 0 saturated carbocycles. The zero-order valence-electron chi connectivity index (χ0n) is 4.52. The summed E-state index contributed by atoms with van der Waals surface area (Å²) in [7, 11) is 0. The summed E-state index contributed by atoms with van der Waals surface area (Å²) in [6.07, 6.45) is 1.90. The fourth-order valence-electron chi connectivity index (χ4n) is 0.814. The molecule has 0 fully saturated rings. The molecule has 0 amide bonds. The van der Waals surface area contributed by atoms with Crippen LogP contribution in [0.3, 0.4) is 0 Å². The van der Waals surface area contributed by atoms with Crippen LogP contribution in [0.2, 0.25) is 5.02 Å². The Bertz CT molecular complexity index is 322. The minimum Gasteiger partial charge on any atom is -0.359 e. The Labute approximate surface area is 61.3 Å². The monoisotopic (exact) mass is 157 g/mol. The maximum Gasteiger partial charge on any atom is 0.0754 e. The summed E-state index contributed by atoms with van der Waals surface area (Å²) < 4.78 is 1.22. The van der Waals surface area contributed by atoms with Crippen LogP contribution in [-0.2, 0) is 0 Å². The van der Waals surface area contributed by atoms with Gasteiger partial charge in [-0.25, -0.2) is 0 Å². The molecular weight excluding hydrogens is 154 g/mol. The summed E-state index contributed by atoms with van der Waals surface area (Å²) in [5.74, 6) is 0. The van der Waals surface area contributed by atoms with Crippen LogP contribution in [0.25, 0.3) is 10.2 Å². The lowest BCUT2D eigenvalue weighted by Crippen LogP contribution is -1.55. The minimum absolute atomic E-state index is 0.819. The molecule has 46 valence electrons. The Morgan fingerprint density at radius 3 is 3.22 bits per heavy atom. The molecule has 3 heteroatoms. The van der Waals surface area contributed by atoms with Crippen LogP contribution >= 0.6 is 22.9 Å². The molecule has 1 nitrogen and oxygen atoms in total. The van der Waals surface area contributed by atoms with Gasteiger partial charge in [0.05, 0.1) is 15.2 Å². The number of thiophene rings is 1. The molecule has 0 atom stereocenters. The minimum atomic E-state index is 0.819. The number of nitrogens with one attached hydrogen (secondary N) is 1. The largest absolute Gasteiger partial charge is 0.359 e. The van der Waals surface area contributed by atoms with Crippen LogP contribution in [0.4, 0.5) is 0 Å². The highest BCUT2D eigenvalue weighted by molar-refractivity contribution is 7.17. The second kappa shape index (κ2) is 1.75. The molecule has 2 rings (SSSR count). The first kappa shape index (κ1) is 5.33. The summed E-state index contributed by atoms with van der Waals surface area (Å²) in [5.41, 5.74) is 1.06. The Morgan fingerprint density at radius 1 is 1.56 bits per heavy atom. The molecule has 0 aromatic carbocycles. The Kier molecular flexibility index (Phi) is 1.04. The van der Waals surface area contributed by atoms with E-state index in [0.29, 0.717) is 0 Å². The van der Waals surface area contributed by atoms with Crippen LogP contribution in [-0.4, -0.2) is 4.98 Å². The summed E-state index contributed by atoms with van der Waals surface area (Å²) in [6.45, 7) is 0. The van der Waals surface area contributed by atoms with Gasteiger partial charge < -0.3 is 4.98 Å². The second-order valence-corrected chi connectivity index (χ2v) is 3.12. The molecule has 0 aliphatic carbocycles. The number of aromatic nitrogens is 1. The molecule has 0 spiro atoms. The SMILES string of the molecule is Clc1csc2cc[nH]c12. The fourth-order valence-corrected chi connectivity index (χ4v) is 1.94. The first-order valence-electron chi connectivity index (χ1n) is 2.58. The van der Waals surface area contributed by atoms with Gasteiger partial charge in [0.15, 0.2) is 0 Å². The number of H-pyrrole nitrogens is 1. The van der Waals surface area contributed by atoms with Gasteiger partial charge in [-0.2, -0.15) is 0 Å². The van der Waals surface area contributed by atoms with Crippen molar-refractivity contribution >= 4 is 33.2 Å². The third-order valence-electron chi connectivity index (χ3n) is 1.24. The van der Waals surface area contributed by atoms with E-state index >= 15 is 0 Å². The predicted molar refractivity (Wildman–Crippen MR) is 41.2 cm³/mol. The smallest absolute Gasteiger partial charge is 0.0754 e. The molecule has 0 aliphatic rings. The maximum atomic E-state index is 5.79. The summed E-state index contributed by atoms with van der Waals surface area (Å²) in [5, 5.41) is 2.75. The lowest BCUT2D eigenvalue weighted by atomic mass is 10.5. The topological polar surface area (TPSA) is 15.8 Å². The highest BCUT2D eigenvalue weighted by atomic mass is 35.5. The van der Waals surface area contributed by atoms with Crippen LogP contribution in [0.1, 0.15) is 0 Å². The van der Waals surface area contributed by atoms with Gasteiger partial charge in [-0.1, -0.05) is 11.6 Å². The van der Waals surface area contributed by atoms with Gasteiger partial charge >= 0.3 is 0 Å². The predicted octanol–water partition coefficient (Wildman–Crippen LogP) is 2.88. The Hall–Kier alpha value is -0.470. The van der Waals surface area contributed by atoms with E-state index in [1.165, 1.54) is 4.70 Å². The molecular formula is C6H4ClNS. The van der Waals surface area contributed by atoms with Crippen molar-refractivity contribution in [1.82, 2.24) is 4.98 Å². The van der Waals surface area contributed by atoms with E-state index in [4.69, 9.17) is 11.6 Å². The summed E-state index contributed by atoms with van der Waals surface area (Å²) >= 11 is 7.45. The van der Waals surface area contributed by atoms with E-state index in [0.717, 1.165) is 10.5 Å².